The van der Waals surface area contributed by atoms with E-state index < -0.39 is 0 Å². The normalized spacial score (nSPS) is 15.5. The van der Waals surface area contributed by atoms with Gasteiger partial charge in [0.05, 0.1) is 0 Å². The molecule has 21 heavy (non-hydrogen) atoms. The van der Waals surface area contributed by atoms with Crippen LogP contribution >= 0.6 is 0 Å². The summed E-state index contributed by atoms with van der Waals surface area (Å²) in [6.45, 7) is 4.49. The Balaban J connectivity index is 1.84. The summed E-state index contributed by atoms with van der Waals surface area (Å²) in [7, 11) is 0. The minimum Gasteiger partial charge on any atom is -0.352 e. The number of hydrogen-bond donors (Lipinski definition) is 3. The van der Waals surface area contributed by atoms with Gasteiger partial charge in [-0.15, -0.1) is 0 Å². The predicted molar refractivity (Wildman–Crippen MR) is 83.3 cm³/mol. The molecular weight excluding hydrogens is 266 g/mol. The van der Waals surface area contributed by atoms with Gasteiger partial charge in [-0.2, -0.15) is 0 Å². The summed E-state index contributed by atoms with van der Waals surface area (Å²) in [4.78, 5) is 23.6. The van der Waals surface area contributed by atoms with Crippen LogP contribution in [-0.4, -0.2) is 31.4 Å². The van der Waals surface area contributed by atoms with E-state index in [2.05, 4.69) is 16.0 Å². The third-order valence-corrected chi connectivity index (χ3v) is 3.70. The lowest BCUT2D eigenvalue weighted by atomic mass is 9.94. The molecule has 2 rings (SSSR count). The molecule has 0 aliphatic carbocycles. The van der Waals surface area contributed by atoms with Gasteiger partial charge in [-0.3, -0.25) is 9.59 Å². The average molecular weight is 289 g/mol. The first kappa shape index (κ1) is 15.5. The molecule has 0 saturated carbocycles. The molecule has 1 aliphatic heterocycles. The molecule has 1 aliphatic rings. The van der Waals surface area contributed by atoms with E-state index in [0.29, 0.717) is 24.4 Å². The van der Waals surface area contributed by atoms with Crippen molar-refractivity contribution in [2.45, 2.75) is 26.2 Å². The van der Waals surface area contributed by atoms with Crippen molar-refractivity contribution in [2.75, 3.05) is 25.0 Å². The standard InChI is InChI=1S/C16H23N3O2/c1-2-18-16(21)13-3-5-14(6-4-13)19-15(20)11-12-7-9-17-10-8-12/h3-6,12,17H,2,7-11H2,1H3,(H,18,21)(H,19,20). The lowest BCUT2D eigenvalue weighted by Gasteiger charge is -2.21. The van der Waals surface area contributed by atoms with E-state index in [9.17, 15) is 9.59 Å². The van der Waals surface area contributed by atoms with Crippen molar-refractivity contribution in [2.24, 2.45) is 5.92 Å². The van der Waals surface area contributed by atoms with Gasteiger partial charge < -0.3 is 16.0 Å². The molecule has 0 bridgehead atoms. The Hall–Kier alpha value is -1.88. The Morgan fingerprint density at radius 3 is 2.48 bits per heavy atom. The summed E-state index contributed by atoms with van der Waals surface area (Å²) in [6.07, 6.45) is 2.69. The molecule has 114 valence electrons. The van der Waals surface area contributed by atoms with Crippen molar-refractivity contribution in [3.8, 4) is 0 Å². The first-order valence-electron chi connectivity index (χ1n) is 7.58. The topological polar surface area (TPSA) is 70.2 Å². The molecule has 0 atom stereocenters. The van der Waals surface area contributed by atoms with Gasteiger partial charge in [0.15, 0.2) is 0 Å². The van der Waals surface area contributed by atoms with Crippen LogP contribution in [0, 0.1) is 5.92 Å². The van der Waals surface area contributed by atoms with Gasteiger partial charge in [0.25, 0.3) is 5.91 Å². The molecule has 1 heterocycles. The van der Waals surface area contributed by atoms with Gasteiger partial charge in [-0.05, 0) is 63.0 Å². The van der Waals surface area contributed by atoms with Gasteiger partial charge in [0.1, 0.15) is 0 Å². The SMILES string of the molecule is CCNC(=O)c1ccc(NC(=O)CC2CCNCC2)cc1. The largest absolute Gasteiger partial charge is 0.352 e. The highest BCUT2D eigenvalue weighted by Gasteiger charge is 2.16. The van der Waals surface area contributed by atoms with Gasteiger partial charge in [0.2, 0.25) is 5.91 Å². The van der Waals surface area contributed by atoms with E-state index in [1.807, 2.05) is 6.92 Å². The second-order valence-electron chi connectivity index (χ2n) is 5.38. The quantitative estimate of drug-likeness (QED) is 0.773. The van der Waals surface area contributed by atoms with Crippen LogP contribution in [0.2, 0.25) is 0 Å². The Labute approximate surface area is 125 Å². The predicted octanol–water partition coefficient (Wildman–Crippen LogP) is 1.76. The molecule has 0 aromatic heterocycles. The fourth-order valence-corrected chi connectivity index (χ4v) is 2.53. The van der Waals surface area contributed by atoms with E-state index in [1.165, 1.54) is 0 Å². The van der Waals surface area contributed by atoms with Crippen LogP contribution in [0.1, 0.15) is 36.5 Å². The molecule has 0 radical (unpaired) electrons. The molecule has 1 aromatic rings. The maximum Gasteiger partial charge on any atom is 0.251 e. The third kappa shape index (κ3) is 4.86. The first-order valence-corrected chi connectivity index (χ1v) is 7.58. The summed E-state index contributed by atoms with van der Waals surface area (Å²) in [6, 6.07) is 6.99. The fraction of sp³-hybridized carbons (Fsp3) is 0.500. The number of anilines is 1. The van der Waals surface area contributed by atoms with Crippen molar-refractivity contribution in [3.63, 3.8) is 0 Å². The van der Waals surface area contributed by atoms with E-state index in [0.717, 1.165) is 31.6 Å². The van der Waals surface area contributed by atoms with E-state index in [4.69, 9.17) is 0 Å². The lowest BCUT2D eigenvalue weighted by molar-refractivity contribution is -0.117. The number of amides is 2. The number of rotatable bonds is 5. The van der Waals surface area contributed by atoms with Crippen molar-refractivity contribution in [3.05, 3.63) is 29.8 Å². The maximum atomic E-state index is 12.0. The highest BCUT2D eigenvalue weighted by Crippen LogP contribution is 2.17. The first-order chi connectivity index (χ1) is 10.2. The fourth-order valence-electron chi connectivity index (χ4n) is 2.53. The molecule has 0 unspecified atom stereocenters. The molecule has 2 amide bonds. The van der Waals surface area contributed by atoms with Crippen LogP contribution in [0.5, 0.6) is 0 Å². The Morgan fingerprint density at radius 1 is 1.19 bits per heavy atom. The van der Waals surface area contributed by atoms with E-state index in [1.54, 1.807) is 24.3 Å². The second kappa shape index (κ2) is 7.78. The van der Waals surface area contributed by atoms with Crippen LogP contribution in [-0.2, 0) is 4.79 Å². The van der Waals surface area contributed by atoms with Crippen LogP contribution in [0.4, 0.5) is 5.69 Å². The number of benzene rings is 1. The second-order valence-corrected chi connectivity index (χ2v) is 5.38. The number of piperidine rings is 1. The maximum absolute atomic E-state index is 12.0. The Morgan fingerprint density at radius 2 is 1.86 bits per heavy atom. The molecule has 3 N–H and O–H groups in total. The Bertz CT molecular complexity index is 479. The Kier molecular flexibility index (Phi) is 5.75. The zero-order valence-electron chi connectivity index (χ0n) is 12.4. The summed E-state index contributed by atoms with van der Waals surface area (Å²) in [5, 5.41) is 8.94. The van der Waals surface area contributed by atoms with Crippen molar-refractivity contribution in [1.29, 1.82) is 0 Å². The summed E-state index contributed by atoms with van der Waals surface area (Å²) in [5.41, 5.74) is 1.34. The highest BCUT2D eigenvalue weighted by atomic mass is 16.2. The van der Waals surface area contributed by atoms with Gasteiger partial charge in [0, 0.05) is 24.2 Å². The van der Waals surface area contributed by atoms with Crippen molar-refractivity contribution >= 4 is 17.5 Å². The lowest BCUT2D eigenvalue weighted by Crippen LogP contribution is -2.30. The minimum absolute atomic E-state index is 0.0488. The van der Waals surface area contributed by atoms with E-state index in [-0.39, 0.29) is 11.8 Å². The number of nitrogens with one attached hydrogen (secondary N) is 3. The number of carbonyl (C=O) groups is 2. The molecule has 0 spiro atoms. The zero-order valence-corrected chi connectivity index (χ0v) is 12.4. The van der Waals surface area contributed by atoms with Crippen LogP contribution in [0.25, 0.3) is 0 Å². The molecule has 1 saturated heterocycles. The molecular formula is C16H23N3O2. The van der Waals surface area contributed by atoms with Gasteiger partial charge in [-0.25, -0.2) is 0 Å². The van der Waals surface area contributed by atoms with Gasteiger partial charge >= 0.3 is 0 Å². The average Bonchev–Trinajstić information content (AvgIpc) is 2.49. The van der Waals surface area contributed by atoms with Crippen LogP contribution < -0.4 is 16.0 Å². The summed E-state index contributed by atoms with van der Waals surface area (Å²) in [5.74, 6) is 0.429. The van der Waals surface area contributed by atoms with Crippen molar-refractivity contribution in [1.82, 2.24) is 10.6 Å². The third-order valence-electron chi connectivity index (χ3n) is 3.70. The van der Waals surface area contributed by atoms with Crippen molar-refractivity contribution < 1.29 is 9.59 Å². The summed E-state index contributed by atoms with van der Waals surface area (Å²) >= 11 is 0. The van der Waals surface area contributed by atoms with Crippen LogP contribution in [0.15, 0.2) is 24.3 Å². The smallest absolute Gasteiger partial charge is 0.251 e. The molecule has 5 heteroatoms. The molecule has 1 aromatic carbocycles. The number of carbonyl (C=O) groups excluding carboxylic acids is 2. The molecule has 1 fully saturated rings. The zero-order chi connectivity index (χ0) is 15.1. The van der Waals surface area contributed by atoms with E-state index >= 15 is 0 Å². The molecule has 5 nitrogen and oxygen atoms in total. The van der Waals surface area contributed by atoms with Crippen LogP contribution in [0.3, 0.4) is 0 Å². The highest BCUT2D eigenvalue weighted by molar-refractivity contribution is 5.95. The summed E-state index contributed by atoms with van der Waals surface area (Å²) < 4.78 is 0. The minimum atomic E-state index is -0.0925. The monoisotopic (exact) mass is 289 g/mol. The number of hydrogen-bond acceptors (Lipinski definition) is 3. The van der Waals surface area contributed by atoms with Gasteiger partial charge in [-0.1, -0.05) is 0 Å².